The van der Waals surface area contributed by atoms with Gasteiger partial charge in [0, 0.05) is 46.3 Å². The second-order valence-electron chi connectivity index (χ2n) is 5.81. The van der Waals surface area contributed by atoms with Gasteiger partial charge in [-0.3, -0.25) is 4.90 Å². The molecular weight excluding hydrogens is 316 g/mol. The molecule has 1 saturated heterocycles. The quantitative estimate of drug-likeness (QED) is 0.633. The number of likely N-dealkylation sites (N-methyl/N-ethyl adjacent to an activating group) is 2. The van der Waals surface area contributed by atoms with Gasteiger partial charge >= 0.3 is 0 Å². The number of hydrogen-bond acceptors (Lipinski definition) is 5. The Bertz CT molecular complexity index is 526. The van der Waals surface area contributed by atoms with Crippen molar-refractivity contribution in [2.24, 2.45) is 0 Å². The summed E-state index contributed by atoms with van der Waals surface area (Å²) in [5.41, 5.74) is -0.868. The third kappa shape index (κ3) is 4.30. The highest BCUT2D eigenvalue weighted by Gasteiger charge is 2.25. The summed E-state index contributed by atoms with van der Waals surface area (Å²) in [5.74, 6) is -6.56. The minimum Gasteiger partial charge on any atom is -0.390 e. The van der Waals surface area contributed by atoms with Crippen LogP contribution in [0.3, 0.4) is 0 Å². The van der Waals surface area contributed by atoms with Crippen LogP contribution in [0.2, 0.25) is 0 Å². The molecule has 1 atom stereocenters. The maximum absolute atomic E-state index is 13.7. The number of halogens is 4. The second kappa shape index (κ2) is 7.41. The van der Waals surface area contributed by atoms with Crippen molar-refractivity contribution in [2.45, 2.75) is 6.10 Å². The van der Waals surface area contributed by atoms with Gasteiger partial charge in [0.05, 0.1) is 6.10 Å². The van der Waals surface area contributed by atoms with Crippen LogP contribution in [-0.2, 0) is 0 Å². The van der Waals surface area contributed by atoms with E-state index in [1.54, 1.807) is 0 Å². The Morgan fingerprint density at radius 3 is 2.13 bits per heavy atom. The predicted molar refractivity (Wildman–Crippen MR) is 77.3 cm³/mol. The Hall–Kier alpha value is -1.45. The Labute approximate surface area is 132 Å². The average molecular weight is 336 g/mol. The number of nitrogens with zero attached hydrogens (tertiary/aromatic N) is 4. The number of β-amino-alcohol motifs (C(OH)–C–C–N with tert-alkyl or cyclic N) is 1. The minimum atomic E-state index is -1.71. The molecule has 1 aromatic rings. The molecule has 1 N–H and O–H groups in total. The molecule has 2 rings (SSSR count). The van der Waals surface area contributed by atoms with Gasteiger partial charge in [-0.25, -0.2) is 0 Å². The van der Waals surface area contributed by atoms with Crippen molar-refractivity contribution in [3.8, 4) is 0 Å². The van der Waals surface area contributed by atoms with E-state index >= 15 is 0 Å². The van der Waals surface area contributed by atoms with Crippen molar-refractivity contribution in [2.75, 3.05) is 58.3 Å². The number of pyridine rings is 1. The zero-order chi connectivity index (χ0) is 17.1. The van der Waals surface area contributed by atoms with Crippen molar-refractivity contribution < 1.29 is 22.7 Å². The second-order valence-corrected chi connectivity index (χ2v) is 5.81. The summed E-state index contributed by atoms with van der Waals surface area (Å²) in [7, 11) is 3.26. The van der Waals surface area contributed by atoms with Crippen molar-refractivity contribution in [1.29, 1.82) is 0 Å². The summed E-state index contributed by atoms with van der Waals surface area (Å²) < 4.78 is 53.6. The summed E-state index contributed by atoms with van der Waals surface area (Å²) in [6, 6.07) is 0. The summed E-state index contributed by atoms with van der Waals surface area (Å²) in [6.07, 6.45) is -0.915. The molecule has 1 aliphatic rings. The van der Waals surface area contributed by atoms with E-state index < -0.39 is 35.3 Å². The van der Waals surface area contributed by atoms with Gasteiger partial charge in [0.1, 0.15) is 5.69 Å². The molecule has 23 heavy (non-hydrogen) atoms. The zero-order valence-electron chi connectivity index (χ0n) is 13.1. The molecule has 0 spiro atoms. The molecule has 1 aromatic heterocycles. The molecule has 1 unspecified atom stereocenters. The Morgan fingerprint density at radius 1 is 1.09 bits per heavy atom. The zero-order valence-corrected chi connectivity index (χ0v) is 13.1. The molecule has 0 bridgehead atoms. The van der Waals surface area contributed by atoms with Gasteiger partial charge in [-0.05, 0) is 7.05 Å². The van der Waals surface area contributed by atoms with Crippen LogP contribution in [0.4, 0.5) is 23.2 Å². The molecular formula is C14H20F4N4O. The lowest BCUT2D eigenvalue weighted by molar-refractivity contribution is 0.0841. The van der Waals surface area contributed by atoms with Crippen LogP contribution in [0.1, 0.15) is 0 Å². The van der Waals surface area contributed by atoms with Crippen molar-refractivity contribution in [3.05, 3.63) is 23.5 Å². The van der Waals surface area contributed by atoms with Crippen LogP contribution in [0.25, 0.3) is 0 Å². The fourth-order valence-corrected chi connectivity index (χ4v) is 2.60. The summed E-state index contributed by atoms with van der Waals surface area (Å²) >= 11 is 0. The Balaban J connectivity index is 2.00. The van der Waals surface area contributed by atoms with Gasteiger partial charge in [-0.1, -0.05) is 0 Å². The molecule has 0 aliphatic carbocycles. The lowest BCUT2D eigenvalue weighted by atomic mass is 10.2. The third-order valence-corrected chi connectivity index (χ3v) is 3.91. The van der Waals surface area contributed by atoms with Crippen LogP contribution in [0.5, 0.6) is 0 Å². The first-order chi connectivity index (χ1) is 10.8. The molecule has 0 amide bonds. The number of hydrogen-bond donors (Lipinski definition) is 1. The Kier molecular flexibility index (Phi) is 5.77. The predicted octanol–water partition coefficient (Wildman–Crippen LogP) is 0.682. The lowest BCUT2D eigenvalue weighted by Crippen LogP contribution is -2.48. The van der Waals surface area contributed by atoms with Crippen LogP contribution in [-0.4, -0.2) is 79.4 Å². The van der Waals surface area contributed by atoms with Crippen LogP contribution < -0.4 is 4.90 Å². The standard InChI is InChI=1S/C14H20F4N4O/c1-20-3-5-22(6-4-20)8-9(23)7-21(2)12-10(15)13(17)19-14(18)11(12)16/h9,23H,3-8H2,1-2H3. The van der Waals surface area contributed by atoms with E-state index in [1.165, 1.54) is 7.05 Å². The van der Waals surface area contributed by atoms with Crippen molar-refractivity contribution >= 4 is 5.69 Å². The van der Waals surface area contributed by atoms with Gasteiger partial charge in [-0.15, -0.1) is 0 Å². The summed E-state index contributed by atoms with van der Waals surface area (Å²) in [6.45, 7) is 3.44. The molecule has 1 fully saturated rings. The monoisotopic (exact) mass is 336 g/mol. The van der Waals surface area contributed by atoms with E-state index in [1.807, 2.05) is 11.9 Å². The fourth-order valence-electron chi connectivity index (χ4n) is 2.60. The first kappa shape index (κ1) is 17.9. The number of aliphatic hydroxyl groups excluding tert-OH is 1. The van der Waals surface area contributed by atoms with E-state index in [-0.39, 0.29) is 6.54 Å². The molecule has 0 radical (unpaired) electrons. The summed E-state index contributed by atoms with van der Waals surface area (Å²) in [4.78, 5) is 7.65. The fraction of sp³-hybridized carbons (Fsp3) is 0.643. The SMILES string of the molecule is CN1CCN(CC(O)CN(C)c2c(F)c(F)nc(F)c2F)CC1. The first-order valence-electron chi connectivity index (χ1n) is 7.29. The first-order valence-corrected chi connectivity index (χ1v) is 7.29. The number of aliphatic hydroxyl groups is 1. The normalized spacial score (nSPS) is 18.2. The number of rotatable bonds is 5. The molecule has 5 nitrogen and oxygen atoms in total. The molecule has 2 heterocycles. The maximum Gasteiger partial charge on any atom is 0.253 e. The van der Waals surface area contributed by atoms with Gasteiger partial charge in [0.25, 0.3) is 11.9 Å². The molecule has 9 heteroatoms. The van der Waals surface area contributed by atoms with Gasteiger partial charge in [0.2, 0.25) is 11.6 Å². The maximum atomic E-state index is 13.7. The average Bonchev–Trinajstić information content (AvgIpc) is 2.48. The van der Waals surface area contributed by atoms with Gasteiger partial charge in [-0.2, -0.15) is 22.5 Å². The molecule has 1 aliphatic heterocycles. The number of piperazine rings is 1. The smallest absolute Gasteiger partial charge is 0.253 e. The lowest BCUT2D eigenvalue weighted by Gasteiger charge is -2.34. The molecule has 130 valence electrons. The van der Waals surface area contributed by atoms with E-state index in [0.717, 1.165) is 31.1 Å². The Morgan fingerprint density at radius 2 is 1.61 bits per heavy atom. The minimum absolute atomic E-state index is 0.164. The van der Waals surface area contributed by atoms with E-state index in [4.69, 9.17) is 0 Å². The van der Waals surface area contributed by atoms with E-state index in [0.29, 0.717) is 6.54 Å². The van der Waals surface area contributed by atoms with E-state index in [9.17, 15) is 22.7 Å². The highest BCUT2D eigenvalue weighted by atomic mass is 19.2. The highest BCUT2D eigenvalue weighted by molar-refractivity contribution is 5.47. The van der Waals surface area contributed by atoms with Crippen molar-refractivity contribution in [1.82, 2.24) is 14.8 Å². The van der Waals surface area contributed by atoms with Gasteiger partial charge < -0.3 is 14.9 Å². The van der Waals surface area contributed by atoms with Crippen LogP contribution in [0, 0.1) is 23.5 Å². The summed E-state index contributed by atoms with van der Waals surface area (Å²) in [5, 5.41) is 10.1. The largest absolute Gasteiger partial charge is 0.390 e. The highest BCUT2D eigenvalue weighted by Crippen LogP contribution is 2.25. The molecule has 0 saturated carbocycles. The number of aromatic nitrogens is 1. The van der Waals surface area contributed by atoms with Crippen LogP contribution in [0.15, 0.2) is 0 Å². The topological polar surface area (TPSA) is 42.8 Å². The van der Waals surface area contributed by atoms with Gasteiger partial charge in [0.15, 0.2) is 0 Å². The van der Waals surface area contributed by atoms with Crippen LogP contribution >= 0.6 is 0 Å². The molecule has 0 aromatic carbocycles. The third-order valence-electron chi connectivity index (χ3n) is 3.91. The van der Waals surface area contributed by atoms with Crippen molar-refractivity contribution in [3.63, 3.8) is 0 Å². The number of anilines is 1. The van der Waals surface area contributed by atoms with E-state index in [2.05, 4.69) is 9.88 Å².